The summed E-state index contributed by atoms with van der Waals surface area (Å²) in [7, 11) is 3.64. The van der Waals surface area contributed by atoms with Crippen molar-refractivity contribution in [3.05, 3.63) is 53.2 Å². The molecular weight excluding hydrogens is 312 g/mol. The molecule has 0 spiro atoms. The smallest absolute Gasteiger partial charge is 0.358 e. The SMILES string of the molecule is CCOC(=O)c1nc(-c2ccccc2)sc1C(=O)C=CN(C)C. The van der Waals surface area contributed by atoms with Crippen molar-refractivity contribution in [3.8, 4) is 10.6 Å². The van der Waals surface area contributed by atoms with Crippen LogP contribution in [0.1, 0.15) is 27.1 Å². The fraction of sp³-hybridized carbons (Fsp3) is 0.235. The average molecular weight is 330 g/mol. The summed E-state index contributed by atoms with van der Waals surface area (Å²) in [5, 5.41) is 0.621. The Morgan fingerprint density at radius 2 is 1.96 bits per heavy atom. The zero-order valence-electron chi connectivity index (χ0n) is 13.3. The minimum Gasteiger partial charge on any atom is -0.461 e. The molecule has 0 aliphatic rings. The van der Waals surface area contributed by atoms with Gasteiger partial charge >= 0.3 is 5.97 Å². The highest BCUT2D eigenvalue weighted by molar-refractivity contribution is 7.17. The number of benzene rings is 1. The zero-order valence-corrected chi connectivity index (χ0v) is 14.1. The molecule has 0 radical (unpaired) electrons. The highest BCUT2D eigenvalue weighted by Crippen LogP contribution is 2.29. The van der Waals surface area contributed by atoms with Gasteiger partial charge in [0.05, 0.1) is 6.61 Å². The first-order valence-corrected chi connectivity index (χ1v) is 7.97. The maximum atomic E-state index is 12.4. The molecule has 0 saturated heterocycles. The summed E-state index contributed by atoms with van der Waals surface area (Å²) in [4.78, 5) is 30.8. The second-order valence-electron chi connectivity index (χ2n) is 4.93. The first kappa shape index (κ1) is 16.9. The van der Waals surface area contributed by atoms with E-state index in [0.717, 1.165) is 5.56 Å². The van der Waals surface area contributed by atoms with Crippen molar-refractivity contribution in [2.45, 2.75) is 6.92 Å². The fourth-order valence-corrected chi connectivity index (χ4v) is 2.80. The molecule has 5 nitrogen and oxygen atoms in total. The average Bonchev–Trinajstić information content (AvgIpc) is 2.99. The molecule has 0 aliphatic heterocycles. The summed E-state index contributed by atoms with van der Waals surface area (Å²) in [6, 6.07) is 9.44. The van der Waals surface area contributed by atoms with Gasteiger partial charge < -0.3 is 9.64 Å². The van der Waals surface area contributed by atoms with E-state index in [1.165, 1.54) is 17.4 Å². The molecule has 120 valence electrons. The van der Waals surface area contributed by atoms with Gasteiger partial charge in [0.15, 0.2) is 11.5 Å². The number of esters is 1. The molecule has 0 unspecified atom stereocenters. The minimum absolute atomic E-state index is 0.0732. The van der Waals surface area contributed by atoms with E-state index in [1.807, 2.05) is 44.4 Å². The van der Waals surface area contributed by atoms with Gasteiger partial charge in [-0.05, 0) is 6.92 Å². The third kappa shape index (κ3) is 4.26. The first-order valence-electron chi connectivity index (χ1n) is 7.15. The summed E-state index contributed by atoms with van der Waals surface area (Å²) < 4.78 is 5.01. The number of carbonyl (C=O) groups excluding carboxylic acids is 2. The number of ether oxygens (including phenoxy) is 1. The third-order valence-electron chi connectivity index (χ3n) is 2.86. The van der Waals surface area contributed by atoms with Crippen LogP contribution in [0.25, 0.3) is 10.6 Å². The molecule has 1 heterocycles. The van der Waals surface area contributed by atoms with Gasteiger partial charge in [-0.15, -0.1) is 11.3 Å². The van der Waals surface area contributed by atoms with Crippen molar-refractivity contribution in [3.63, 3.8) is 0 Å². The van der Waals surface area contributed by atoms with E-state index in [0.29, 0.717) is 9.88 Å². The van der Waals surface area contributed by atoms with Crippen molar-refractivity contribution in [1.29, 1.82) is 0 Å². The van der Waals surface area contributed by atoms with Crippen molar-refractivity contribution >= 4 is 23.1 Å². The van der Waals surface area contributed by atoms with Crippen LogP contribution in [0, 0.1) is 0 Å². The Balaban J connectivity index is 2.44. The minimum atomic E-state index is -0.576. The molecule has 0 N–H and O–H groups in total. The summed E-state index contributed by atoms with van der Waals surface area (Å²) >= 11 is 1.20. The molecule has 2 rings (SSSR count). The maximum absolute atomic E-state index is 12.4. The number of nitrogens with zero attached hydrogens (tertiary/aromatic N) is 2. The molecular formula is C17H18N2O3S. The number of thiazole rings is 1. The normalized spacial score (nSPS) is 10.7. The molecule has 0 aliphatic carbocycles. The van der Waals surface area contributed by atoms with Gasteiger partial charge in [0.2, 0.25) is 0 Å². The molecule has 0 saturated carbocycles. The van der Waals surface area contributed by atoms with Gasteiger partial charge in [-0.3, -0.25) is 4.79 Å². The Hall–Kier alpha value is -2.47. The number of rotatable bonds is 6. The van der Waals surface area contributed by atoms with Gasteiger partial charge in [-0.25, -0.2) is 9.78 Å². The lowest BCUT2D eigenvalue weighted by Crippen LogP contribution is -2.10. The van der Waals surface area contributed by atoms with E-state index in [2.05, 4.69) is 4.98 Å². The highest BCUT2D eigenvalue weighted by Gasteiger charge is 2.23. The van der Waals surface area contributed by atoms with Crippen LogP contribution in [0.2, 0.25) is 0 Å². The van der Waals surface area contributed by atoms with E-state index >= 15 is 0 Å². The molecule has 1 aromatic carbocycles. The number of aromatic nitrogens is 1. The molecule has 0 amide bonds. The van der Waals surface area contributed by atoms with Crippen LogP contribution in [0.5, 0.6) is 0 Å². The van der Waals surface area contributed by atoms with E-state index in [-0.39, 0.29) is 18.1 Å². The lowest BCUT2D eigenvalue weighted by molar-refractivity contribution is 0.0518. The Morgan fingerprint density at radius 1 is 1.26 bits per heavy atom. The van der Waals surface area contributed by atoms with Crippen LogP contribution in [-0.4, -0.2) is 42.3 Å². The summed E-state index contributed by atoms with van der Waals surface area (Å²) in [5.74, 6) is -0.839. The zero-order chi connectivity index (χ0) is 16.8. The van der Waals surface area contributed by atoms with Crippen molar-refractivity contribution in [1.82, 2.24) is 9.88 Å². The number of allylic oxidation sites excluding steroid dienone is 1. The summed E-state index contributed by atoms with van der Waals surface area (Å²) in [5.41, 5.74) is 0.933. The molecule has 0 fully saturated rings. The maximum Gasteiger partial charge on any atom is 0.358 e. The van der Waals surface area contributed by atoms with Crippen LogP contribution in [0.3, 0.4) is 0 Å². The van der Waals surface area contributed by atoms with Gasteiger partial charge in [0.1, 0.15) is 9.88 Å². The van der Waals surface area contributed by atoms with E-state index in [4.69, 9.17) is 4.74 Å². The van der Waals surface area contributed by atoms with E-state index in [9.17, 15) is 9.59 Å². The standard InChI is InChI=1S/C17H18N2O3S/c1-4-22-17(21)14-15(13(20)10-11-19(2)3)23-16(18-14)12-8-6-5-7-9-12/h5-11H,4H2,1-3H3. The second kappa shape index (κ2) is 7.69. The van der Waals surface area contributed by atoms with Gasteiger partial charge in [0, 0.05) is 31.9 Å². The van der Waals surface area contributed by atoms with Crippen molar-refractivity contribution in [2.75, 3.05) is 20.7 Å². The van der Waals surface area contributed by atoms with Gasteiger partial charge in [-0.2, -0.15) is 0 Å². The van der Waals surface area contributed by atoms with Crippen LogP contribution in [-0.2, 0) is 4.74 Å². The molecule has 0 bridgehead atoms. The number of ketones is 1. The number of hydrogen-bond donors (Lipinski definition) is 0. The van der Waals surface area contributed by atoms with Crippen molar-refractivity contribution < 1.29 is 14.3 Å². The largest absolute Gasteiger partial charge is 0.461 e. The molecule has 23 heavy (non-hydrogen) atoms. The van der Waals surface area contributed by atoms with E-state index in [1.54, 1.807) is 18.0 Å². The van der Waals surface area contributed by atoms with Crippen LogP contribution >= 0.6 is 11.3 Å². The number of hydrogen-bond acceptors (Lipinski definition) is 6. The molecule has 6 heteroatoms. The van der Waals surface area contributed by atoms with E-state index < -0.39 is 5.97 Å². The van der Waals surface area contributed by atoms with Gasteiger partial charge in [0.25, 0.3) is 0 Å². The fourth-order valence-electron chi connectivity index (χ4n) is 1.82. The lowest BCUT2D eigenvalue weighted by atomic mass is 10.2. The van der Waals surface area contributed by atoms with Crippen LogP contribution in [0.4, 0.5) is 0 Å². The summed E-state index contributed by atoms with van der Waals surface area (Å²) in [6.45, 7) is 1.95. The molecule has 0 atom stereocenters. The predicted molar refractivity (Wildman–Crippen MR) is 90.7 cm³/mol. The molecule has 2 aromatic rings. The van der Waals surface area contributed by atoms with Crippen LogP contribution < -0.4 is 0 Å². The quantitative estimate of drug-likeness (QED) is 0.462. The topological polar surface area (TPSA) is 59.5 Å². The number of carbonyl (C=O) groups is 2. The summed E-state index contributed by atoms with van der Waals surface area (Å²) in [6.07, 6.45) is 3.06. The van der Waals surface area contributed by atoms with Crippen LogP contribution in [0.15, 0.2) is 42.6 Å². The Kier molecular flexibility index (Phi) is 5.65. The predicted octanol–water partition coefficient (Wildman–Crippen LogP) is 3.24. The second-order valence-corrected chi connectivity index (χ2v) is 5.93. The first-order chi connectivity index (χ1) is 11.0. The Morgan fingerprint density at radius 3 is 2.57 bits per heavy atom. The third-order valence-corrected chi connectivity index (χ3v) is 3.98. The highest BCUT2D eigenvalue weighted by atomic mass is 32.1. The Bertz CT molecular complexity index is 721. The molecule has 1 aromatic heterocycles. The van der Waals surface area contributed by atoms with Crippen molar-refractivity contribution in [2.24, 2.45) is 0 Å². The van der Waals surface area contributed by atoms with Gasteiger partial charge in [-0.1, -0.05) is 30.3 Å². The lowest BCUT2D eigenvalue weighted by Gasteiger charge is -2.02. The monoisotopic (exact) mass is 330 g/mol. The Labute approximate surface area is 139 Å².